The Hall–Kier alpha value is -0.610. The summed E-state index contributed by atoms with van der Waals surface area (Å²) in [4.78, 5) is 12.0. The van der Waals surface area contributed by atoms with Crippen LogP contribution < -0.4 is 10.6 Å². The van der Waals surface area contributed by atoms with Crippen molar-refractivity contribution in [3.05, 3.63) is 0 Å². The summed E-state index contributed by atoms with van der Waals surface area (Å²) in [6.45, 7) is 1.67. The summed E-state index contributed by atoms with van der Waals surface area (Å²) >= 11 is 0. The van der Waals surface area contributed by atoms with Crippen molar-refractivity contribution >= 4 is 5.91 Å². The average molecular weight is 238 g/mol. The summed E-state index contributed by atoms with van der Waals surface area (Å²) in [6.07, 6.45) is 7.16. The number of hydrogen-bond donors (Lipinski definition) is 2. The Morgan fingerprint density at radius 1 is 1.35 bits per heavy atom. The van der Waals surface area contributed by atoms with Crippen LogP contribution in [0, 0.1) is 5.92 Å². The highest BCUT2D eigenvalue weighted by atomic mass is 16.5. The van der Waals surface area contributed by atoms with Gasteiger partial charge in [-0.2, -0.15) is 0 Å². The molecule has 3 fully saturated rings. The van der Waals surface area contributed by atoms with Crippen LogP contribution in [-0.4, -0.2) is 37.2 Å². The van der Waals surface area contributed by atoms with Crippen molar-refractivity contribution in [1.82, 2.24) is 10.6 Å². The number of fused-ring (bicyclic) bond motifs is 2. The van der Waals surface area contributed by atoms with Crippen molar-refractivity contribution < 1.29 is 9.53 Å². The molecular formula is C13H22N2O2. The molecule has 4 atom stereocenters. The van der Waals surface area contributed by atoms with Gasteiger partial charge in [-0.25, -0.2) is 0 Å². The van der Waals surface area contributed by atoms with Crippen LogP contribution in [0.25, 0.3) is 0 Å². The van der Waals surface area contributed by atoms with Crippen molar-refractivity contribution in [2.75, 3.05) is 13.2 Å². The van der Waals surface area contributed by atoms with E-state index in [1.54, 1.807) is 0 Å². The number of carbonyl (C=O) groups is 1. The first kappa shape index (κ1) is 11.5. The highest BCUT2D eigenvalue weighted by Gasteiger charge is 2.42. The first-order valence-corrected chi connectivity index (χ1v) is 6.98. The lowest BCUT2D eigenvalue weighted by Crippen LogP contribution is -2.38. The second-order valence-corrected chi connectivity index (χ2v) is 5.60. The maximum Gasteiger partial charge on any atom is 0.224 e. The SMILES string of the molecule is O=C(NCCC1CCCO1)C1CC2CCC1N2. The summed E-state index contributed by atoms with van der Waals surface area (Å²) in [6, 6.07) is 1.05. The molecule has 0 radical (unpaired) electrons. The summed E-state index contributed by atoms with van der Waals surface area (Å²) in [5.74, 6) is 0.473. The van der Waals surface area contributed by atoms with Gasteiger partial charge >= 0.3 is 0 Å². The number of rotatable bonds is 4. The Balaban J connectivity index is 1.38. The second kappa shape index (κ2) is 4.94. The second-order valence-electron chi connectivity index (χ2n) is 5.60. The van der Waals surface area contributed by atoms with Crippen LogP contribution in [0.15, 0.2) is 0 Å². The van der Waals surface area contributed by atoms with Gasteiger partial charge in [0.2, 0.25) is 5.91 Å². The van der Waals surface area contributed by atoms with E-state index in [1.807, 2.05) is 0 Å². The Kier molecular flexibility index (Phi) is 3.34. The topological polar surface area (TPSA) is 50.4 Å². The maximum atomic E-state index is 12.0. The average Bonchev–Trinajstić information content (AvgIpc) is 3.05. The van der Waals surface area contributed by atoms with Crippen molar-refractivity contribution in [2.24, 2.45) is 5.92 Å². The Morgan fingerprint density at radius 3 is 2.94 bits per heavy atom. The van der Waals surface area contributed by atoms with Gasteiger partial charge in [-0.1, -0.05) is 0 Å². The van der Waals surface area contributed by atoms with Gasteiger partial charge in [-0.05, 0) is 38.5 Å². The van der Waals surface area contributed by atoms with Gasteiger partial charge < -0.3 is 15.4 Å². The molecular weight excluding hydrogens is 216 g/mol. The van der Waals surface area contributed by atoms with E-state index in [-0.39, 0.29) is 11.8 Å². The maximum absolute atomic E-state index is 12.0. The van der Waals surface area contributed by atoms with E-state index < -0.39 is 0 Å². The zero-order chi connectivity index (χ0) is 11.7. The van der Waals surface area contributed by atoms with Crippen LogP contribution in [0.3, 0.4) is 0 Å². The minimum atomic E-state index is 0.221. The van der Waals surface area contributed by atoms with Crippen molar-refractivity contribution in [3.63, 3.8) is 0 Å². The molecule has 2 bridgehead atoms. The molecule has 0 aliphatic carbocycles. The molecule has 0 saturated carbocycles. The minimum Gasteiger partial charge on any atom is -0.378 e. The molecule has 4 heteroatoms. The predicted octanol–water partition coefficient (Wildman–Crippen LogP) is 0.812. The fraction of sp³-hybridized carbons (Fsp3) is 0.923. The highest BCUT2D eigenvalue weighted by molar-refractivity contribution is 5.80. The highest BCUT2D eigenvalue weighted by Crippen LogP contribution is 2.33. The quantitative estimate of drug-likeness (QED) is 0.762. The van der Waals surface area contributed by atoms with E-state index in [9.17, 15) is 4.79 Å². The van der Waals surface area contributed by atoms with Crippen molar-refractivity contribution in [2.45, 2.75) is 56.7 Å². The molecule has 17 heavy (non-hydrogen) atoms. The number of ether oxygens (including phenoxy) is 1. The van der Waals surface area contributed by atoms with Crippen molar-refractivity contribution in [1.29, 1.82) is 0 Å². The molecule has 3 rings (SSSR count). The summed E-state index contributed by atoms with van der Waals surface area (Å²) in [5, 5.41) is 6.58. The van der Waals surface area contributed by atoms with E-state index >= 15 is 0 Å². The molecule has 2 N–H and O–H groups in total. The van der Waals surface area contributed by atoms with Crippen molar-refractivity contribution in [3.8, 4) is 0 Å². The minimum absolute atomic E-state index is 0.221. The lowest BCUT2D eigenvalue weighted by molar-refractivity contribution is -0.125. The van der Waals surface area contributed by atoms with Gasteiger partial charge in [-0.3, -0.25) is 4.79 Å². The molecule has 0 aromatic carbocycles. The standard InChI is InChI=1S/C13H22N2O2/c16-13(11-8-9-3-4-12(11)15-9)14-6-5-10-2-1-7-17-10/h9-12,15H,1-8H2,(H,14,16). The Bertz CT molecular complexity index is 289. The molecule has 3 heterocycles. The van der Waals surface area contributed by atoms with E-state index in [4.69, 9.17) is 4.74 Å². The third-order valence-corrected chi connectivity index (χ3v) is 4.43. The van der Waals surface area contributed by atoms with Gasteiger partial charge in [0, 0.05) is 25.2 Å². The van der Waals surface area contributed by atoms with Crippen LogP contribution in [-0.2, 0) is 9.53 Å². The Labute approximate surface area is 102 Å². The number of nitrogens with one attached hydrogen (secondary N) is 2. The fourth-order valence-electron chi connectivity index (χ4n) is 3.47. The van der Waals surface area contributed by atoms with E-state index in [0.717, 1.165) is 32.4 Å². The van der Waals surface area contributed by atoms with Crippen LogP contribution in [0.5, 0.6) is 0 Å². The van der Waals surface area contributed by atoms with E-state index in [2.05, 4.69) is 10.6 Å². The normalized spacial score (nSPS) is 39.8. The predicted molar refractivity (Wildman–Crippen MR) is 64.7 cm³/mol. The lowest BCUT2D eigenvalue weighted by atomic mass is 9.88. The first-order valence-electron chi connectivity index (χ1n) is 6.98. The number of amides is 1. The summed E-state index contributed by atoms with van der Waals surface area (Å²) in [5.41, 5.74) is 0. The van der Waals surface area contributed by atoms with Crippen LogP contribution >= 0.6 is 0 Å². The summed E-state index contributed by atoms with van der Waals surface area (Å²) < 4.78 is 5.55. The van der Waals surface area contributed by atoms with Gasteiger partial charge in [0.05, 0.1) is 12.0 Å². The van der Waals surface area contributed by atoms with Gasteiger partial charge in [0.25, 0.3) is 0 Å². The first-order chi connectivity index (χ1) is 8.33. The molecule has 3 aliphatic heterocycles. The molecule has 4 nitrogen and oxygen atoms in total. The molecule has 96 valence electrons. The molecule has 3 saturated heterocycles. The zero-order valence-corrected chi connectivity index (χ0v) is 10.3. The van der Waals surface area contributed by atoms with Crippen LogP contribution in [0.1, 0.15) is 38.5 Å². The Morgan fingerprint density at radius 2 is 2.29 bits per heavy atom. The number of hydrogen-bond acceptors (Lipinski definition) is 3. The molecule has 0 aromatic rings. The largest absolute Gasteiger partial charge is 0.378 e. The lowest BCUT2D eigenvalue weighted by Gasteiger charge is -2.19. The molecule has 1 amide bonds. The van der Waals surface area contributed by atoms with Gasteiger partial charge in [-0.15, -0.1) is 0 Å². The molecule has 3 aliphatic rings. The molecule has 0 spiro atoms. The summed E-state index contributed by atoms with van der Waals surface area (Å²) in [7, 11) is 0. The van der Waals surface area contributed by atoms with E-state index in [1.165, 1.54) is 19.3 Å². The monoisotopic (exact) mass is 238 g/mol. The van der Waals surface area contributed by atoms with Crippen LogP contribution in [0.2, 0.25) is 0 Å². The molecule has 0 aromatic heterocycles. The third-order valence-electron chi connectivity index (χ3n) is 4.43. The van der Waals surface area contributed by atoms with Gasteiger partial charge in [0.15, 0.2) is 0 Å². The van der Waals surface area contributed by atoms with E-state index in [0.29, 0.717) is 18.2 Å². The zero-order valence-electron chi connectivity index (χ0n) is 10.3. The molecule has 4 unspecified atom stereocenters. The van der Waals surface area contributed by atoms with Crippen LogP contribution in [0.4, 0.5) is 0 Å². The third kappa shape index (κ3) is 2.47. The fourth-order valence-corrected chi connectivity index (χ4v) is 3.47. The van der Waals surface area contributed by atoms with Gasteiger partial charge in [0.1, 0.15) is 0 Å². The number of carbonyl (C=O) groups excluding carboxylic acids is 1. The smallest absolute Gasteiger partial charge is 0.224 e.